The van der Waals surface area contributed by atoms with Gasteiger partial charge in [0.2, 0.25) is 0 Å². The van der Waals surface area contributed by atoms with Crippen LogP contribution in [0.25, 0.3) is 11.4 Å². The molecule has 0 atom stereocenters. The average Bonchev–Trinajstić information content (AvgIpc) is 2.36. The van der Waals surface area contributed by atoms with Crippen molar-refractivity contribution < 1.29 is 0 Å². The van der Waals surface area contributed by atoms with E-state index >= 15 is 0 Å². The summed E-state index contributed by atoms with van der Waals surface area (Å²) in [5.41, 5.74) is 3.97. The normalized spacial score (nSPS) is 10.7. The molecule has 0 aliphatic heterocycles. The lowest BCUT2D eigenvalue weighted by Gasteiger charge is -2.09. The fourth-order valence-corrected chi connectivity index (χ4v) is 2.34. The highest BCUT2D eigenvalue weighted by molar-refractivity contribution is 9.10. The third kappa shape index (κ3) is 2.25. The molecule has 1 N–H and O–H groups in total. The number of H-pyrrole nitrogens is 1. The Bertz CT molecular complexity index is 647. The number of aryl methyl sites for hydroxylation is 2. The van der Waals surface area contributed by atoms with E-state index in [0.29, 0.717) is 10.3 Å². The third-order valence-corrected chi connectivity index (χ3v) is 3.94. The van der Waals surface area contributed by atoms with Crippen LogP contribution in [0.5, 0.6) is 0 Å². The quantitative estimate of drug-likeness (QED) is 0.924. The van der Waals surface area contributed by atoms with Crippen molar-refractivity contribution >= 4 is 15.9 Å². The van der Waals surface area contributed by atoms with Crippen LogP contribution < -0.4 is 5.56 Å². The lowest BCUT2D eigenvalue weighted by molar-refractivity contribution is 0.968. The van der Waals surface area contributed by atoms with Crippen LogP contribution in [0.2, 0.25) is 0 Å². The summed E-state index contributed by atoms with van der Waals surface area (Å²) in [7, 11) is 0. The molecule has 0 saturated heterocycles. The number of nitrogens with one attached hydrogen (secondary N) is 1. The Morgan fingerprint density at radius 1 is 1.33 bits per heavy atom. The van der Waals surface area contributed by atoms with Crippen LogP contribution in [0.4, 0.5) is 0 Å². The lowest BCUT2D eigenvalue weighted by Crippen LogP contribution is -2.13. The number of benzene rings is 1. The summed E-state index contributed by atoms with van der Waals surface area (Å²) < 4.78 is 0.527. The summed E-state index contributed by atoms with van der Waals surface area (Å²) >= 11 is 3.27. The summed E-state index contributed by atoms with van der Waals surface area (Å²) in [6.07, 6.45) is 0.725. The zero-order valence-electron chi connectivity index (χ0n) is 10.7. The predicted molar refractivity (Wildman–Crippen MR) is 76.8 cm³/mol. The molecule has 4 heteroatoms. The van der Waals surface area contributed by atoms with Crippen LogP contribution in [-0.2, 0) is 6.42 Å². The molecule has 0 aliphatic rings. The van der Waals surface area contributed by atoms with Crippen molar-refractivity contribution in [3.63, 3.8) is 0 Å². The molecule has 3 nitrogen and oxygen atoms in total. The molecule has 0 spiro atoms. The summed E-state index contributed by atoms with van der Waals surface area (Å²) in [6.45, 7) is 6.08. The van der Waals surface area contributed by atoms with Gasteiger partial charge in [0.05, 0.1) is 5.69 Å². The molecule has 2 rings (SSSR count). The largest absolute Gasteiger partial charge is 0.306 e. The van der Waals surface area contributed by atoms with Crippen molar-refractivity contribution in [2.24, 2.45) is 0 Å². The zero-order valence-corrected chi connectivity index (χ0v) is 12.3. The smallest absolute Gasteiger partial charge is 0.265 e. The van der Waals surface area contributed by atoms with Crippen molar-refractivity contribution in [2.45, 2.75) is 27.2 Å². The minimum atomic E-state index is -0.127. The van der Waals surface area contributed by atoms with Gasteiger partial charge in [-0.05, 0) is 47.3 Å². The molecule has 1 heterocycles. The second-order valence-corrected chi connectivity index (χ2v) is 5.07. The molecule has 2 aromatic rings. The van der Waals surface area contributed by atoms with Gasteiger partial charge >= 0.3 is 0 Å². The van der Waals surface area contributed by atoms with Crippen molar-refractivity contribution in [1.29, 1.82) is 0 Å². The van der Waals surface area contributed by atoms with Crippen molar-refractivity contribution in [3.05, 3.63) is 49.8 Å². The number of rotatable bonds is 2. The van der Waals surface area contributed by atoms with E-state index in [1.165, 1.54) is 5.56 Å². The highest BCUT2D eigenvalue weighted by atomic mass is 79.9. The van der Waals surface area contributed by atoms with Crippen LogP contribution >= 0.6 is 15.9 Å². The molecule has 94 valence electrons. The Morgan fingerprint density at radius 2 is 2.06 bits per heavy atom. The predicted octanol–water partition coefficient (Wildman–Crippen LogP) is 3.38. The third-order valence-electron chi connectivity index (χ3n) is 3.13. The second-order valence-electron chi connectivity index (χ2n) is 4.28. The van der Waals surface area contributed by atoms with Gasteiger partial charge in [0.1, 0.15) is 10.3 Å². The van der Waals surface area contributed by atoms with E-state index in [1.807, 2.05) is 26.0 Å². The van der Waals surface area contributed by atoms with E-state index in [4.69, 9.17) is 0 Å². The number of aromatic amines is 1. The highest BCUT2D eigenvalue weighted by Crippen LogP contribution is 2.23. The second kappa shape index (κ2) is 5.06. The molecular formula is C14H15BrN2O. The van der Waals surface area contributed by atoms with E-state index in [0.717, 1.165) is 23.2 Å². The molecule has 1 aromatic heterocycles. The minimum absolute atomic E-state index is 0.127. The van der Waals surface area contributed by atoms with Gasteiger partial charge < -0.3 is 4.98 Å². The molecule has 0 unspecified atom stereocenters. The first-order valence-electron chi connectivity index (χ1n) is 5.89. The molecule has 18 heavy (non-hydrogen) atoms. The number of aromatic nitrogens is 2. The molecule has 0 fully saturated rings. The molecule has 0 aliphatic carbocycles. The molecule has 0 amide bonds. The minimum Gasteiger partial charge on any atom is -0.306 e. The van der Waals surface area contributed by atoms with Crippen LogP contribution in [0.15, 0.2) is 27.5 Å². The van der Waals surface area contributed by atoms with Gasteiger partial charge in [-0.2, -0.15) is 0 Å². The highest BCUT2D eigenvalue weighted by Gasteiger charge is 2.11. The fourth-order valence-electron chi connectivity index (χ4n) is 1.87. The molecule has 0 bridgehead atoms. The number of nitrogens with zero attached hydrogens (tertiary/aromatic N) is 1. The Morgan fingerprint density at radius 3 is 2.72 bits per heavy atom. The van der Waals surface area contributed by atoms with Gasteiger partial charge in [-0.1, -0.05) is 25.1 Å². The summed E-state index contributed by atoms with van der Waals surface area (Å²) in [5.74, 6) is 0.640. The maximum absolute atomic E-state index is 11.8. The fraction of sp³-hybridized carbons (Fsp3) is 0.286. The Balaban J connectivity index is 2.68. The van der Waals surface area contributed by atoms with E-state index in [-0.39, 0.29) is 5.56 Å². The van der Waals surface area contributed by atoms with Gasteiger partial charge in [-0.3, -0.25) is 4.79 Å². The van der Waals surface area contributed by atoms with Crippen LogP contribution in [0.3, 0.4) is 0 Å². The average molecular weight is 307 g/mol. The summed E-state index contributed by atoms with van der Waals surface area (Å²) in [4.78, 5) is 19.2. The van der Waals surface area contributed by atoms with Gasteiger partial charge in [-0.25, -0.2) is 4.98 Å². The standard InChI is InChI=1S/C14H15BrN2O/c1-4-11-12(15)14(18)17-13(16-11)10-7-5-6-8(2)9(10)3/h5-7H,4H2,1-3H3,(H,16,17,18). The Hall–Kier alpha value is -1.42. The molecule has 1 aromatic carbocycles. The van der Waals surface area contributed by atoms with E-state index in [9.17, 15) is 4.79 Å². The zero-order chi connectivity index (χ0) is 13.3. The van der Waals surface area contributed by atoms with E-state index < -0.39 is 0 Å². The van der Waals surface area contributed by atoms with E-state index in [1.54, 1.807) is 0 Å². The van der Waals surface area contributed by atoms with Crippen LogP contribution in [0, 0.1) is 13.8 Å². The first kappa shape index (κ1) is 13.0. The molecule has 0 saturated carbocycles. The van der Waals surface area contributed by atoms with Crippen molar-refractivity contribution in [2.75, 3.05) is 0 Å². The number of hydrogen-bond acceptors (Lipinski definition) is 2. The summed E-state index contributed by atoms with van der Waals surface area (Å²) in [6, 6.07) is 6.01. The van der Waals surface area contributed by atoms with Crippen molar-refractivity contribution in [3.8, 4) is 11.4 Å². The number of halogens is 1. The monoisotopic (exact) mass is 306 g/mol. The van der Waals surface area contributed by atoms with Crippen LogP contribution in [0.1, 0.15) is 23.7 Å². The first-order valence-corrected chi connectivity index (χ1v) is 6.69. The topological polar surface area (TPSA) is 45.8 Å². The van der Waals surface area contributed by atoms with Gasteiger partial charge in [0.15, 0.2) is 0 Å². The van der Waals surface area contributed by atoms with Crippen molar-refractivity contribution in [1.82, 2.24) is 9.97 Å². The number of hydrogen-bond donors (Lipinski definition) is 1. The van der Waals surface area contributed by atoms with Gasteiger partial charge in [0.25, 0.3) is 5.56 Å². The van der Waals surface area contributed by atoms with Gasteiger partial charge in [-0.15, -0.1) is 0 Å². The van der Waals surface area contributed by atoms with Gasteiger partial charge in [0, 0.05) is 5.56 Å². The summed E-state index contributed by atoms with van der Waals surface area (Å²) in [5, 5.41) is 0. The van der Waals surface area contributed by atoms with Crippen LogP contribution in [-0.4, -0.2) is 9.97 Å². The maximum atomic E-state index is 11.8. The Kier molecular flexibility index (Phi) is 3.66. The molecule has 0 radical (unpaired) electrons. The first-order chi connectivity index (χ1) is 8.54. The molecular weight excluding hydrogens is 292 g/mol. The lowest BCUT2D eigenvalue weighted by atomic mass is 10.0. The van der Waals surface area contributed by atoms with E-state index in [2.05, 4.69) is 38.9 Å². The Labute approximate surface area is 114 Å². The maximum Gasteiger partial charge on any atom is 0.265 e. The SMILES string of the molecule is CCc1nc(-c2cccc(C)c2C)[nH]c(=O)c1Br.